The van der Waals surface area contributed by atoms with E-state index < -0.39 is 0 Å². The lowest BCUT2D eigenvalue weighted by Gasteiger charge is -2.19. The van der Waals surface area contributed by atoms with Crippen molar-refractivity contribution in [3.63, 3.8) is 0 Å². The van der Waals surface area contributed by atoms with E-state index in [1.807, 2.05) is 13.1 Å². The van der Waals surface area contributed by atoms with Crippen LogP contribution in [-0.4, -0.2) is 39.2 Å². The second-order valence-corrected chi connectivity index (χ2v) is 5.19. The highest BCUT2D eigenvalue weighted by atomic mass is 16.5. The number of rotatable bonds is 4. The Balaban J connectivity index is 1.64. The maximum atomic E-state index is 12.2. The van der Waals surface area contributed by atoms with Crippen molar-refractivity contribution in [1.29, 1.82) is 0 Å². The van der Waals surface area contributed by atoms with Gasteiger partial charge in [0, 0.05) is 25.2 Å². The van der Waals surface area contributed by atoms with Gasteiger partial charge in [-0.25, -0.2) is 9.97 Å². The Labute approximate surface area is 123 Å². The van der Waals surface area contributed by atoms with E-state index in [4.69, 9.17) is 4.74 Å². The third-order valence-corrected chi connectivity index (χ3v) is 3.66. The number of carbonyl (C=O) groups is 1. The maximum absolute atomic E-state index is 12.2. The van der Waals surface area contributed by atoms with Gasteiger partial charge in [0.1, 0.15) is 12.1 Å². The largest absolute Gasteiger partial charge is 0.376 e. The molecular formula is C15H18N4O2. The van der Waals surface area contributed by atoms with E-state index in [9.17, 15) is 4.79 Å². The van der Waals surface area contributed by atoms with E-state index in [0.29, 0.717) is 5.56 Å². The van der Waals surface area contributed by atoms with Crippen molar-refractivity contribution in [2.24, 2.45) is 0 Å². The molecule has 0 aliphatic carbocycles. The first kappa shape index (κ1) is 13.8. The van der Waals surface area contributed by atoms with Crippen LogP contribution in [0.2, 0.25) is 0 Å². The second-order valence-electron chi connectivity index (χ2n) is 5.19. The number of nitrogens with zero attached hydrogens (tertiary/aromatic N) is 3. The Hall–Kier alpha value is -2.21. The molecule has 0 bridgehead atoms. The standard InChI is InChI=1S/C15H18N4O2/c1-11(13-3-2-8-21-13)18-15(20)12-4-5-14(17-9-12)19-7-6-16-10-19/h4-7,9-11,13H,2-3,8H2,1H3,(H,18,20)/t11-,13-/m0/s1. The van der Waals surface area contributed by atoms with Crippen LogP contribution >= 0.6 is 0 Å². The fourth-order valence-corrected chi connectivity index (χ4v) is 2.45. The Morgan fingerprint density at radius 1 is 1.52 bits per heavy atom. The SMILES string of the molecule is C[C@H](NC(=O)c1ccc(-n2ccnc2)nc1)[C@@H]1CCCO1. The second kappa shape index (κ2) is 6.05. The van der Waals surface area contributed by atoms with Gasteiger partial charge in [0.05, 0.1) is 17.7 Å². The molecule has 0 saturated carbocycles. The minimum atomic E-state index is -0.123. The number of carbonyl (C=O) groups excluding carboxylic acids is 1. The van der Waals surface area contributed by atoms with Gasteiger partial charge in [-0.1, -0.05) is 0 Å². The highest BCUT2D eigenvalue weighted by Crippen LogP contribution is 2.15. The zero-order valence-electron chi connectivity index (χ0n) is 11.9. The van der Waals surface area contributed by atoms with Crippen molar-refractivity contribution in [3.05, 3.63) is 42.6 Å². The first-order valence-corrected chi connectivity index (χ1v) is 7.11. The van der Waals surface area contributed by atoms with Gasteiger partial charge in [0.25, 0.3) is 5.91 Å². The number of nitrogens with one attached hydrogen (secondary N) is 1. The van der Waals surface area contributed by atoms with Gasteiger partial charge in [0.2, 0.25) is 0 Å². The van der Waals surface area contributed by atoms with Gasteiger partial charge >= 0.3 is 0 Å². The molecule has 1 aliphatic rings. The smallest absolute Gasteiger partial charge is 0.253 e. The van der Waals surface area contributed by atoms with Crippen LogP contribution in [0.4, 0.5) is 0 Å². The molecule has 2 aromatic heterocycles. The molecule has 0 spiro atoms. The van der Waals surface area contributed by atoms with E-state index in [1.165, 1.54) is 0 Å². The van der Waals surface area contributed by atoms with Crippen LogP contribution in [0.3, 0.4) is 0 Å². The van der Waals surface area contributed by atoms with Crippen LogP contribution in [0.1, 0.15) is 30.1 Å². The summed E-state index contributed by atoms with van der Waals surface area (Å²) in [5.74, 6) is 0.610. The molecule has 21 heavy (non-hydrogen) atoms. The average Bonchev–Trinajstić information content (AvgIpc) is 3.20. The van der Waals surface area contributed by atoms with Crippen molar-refractivity contribution in [2.75, 3.05) is 6.61 Å². The molecule has 2 aromatic rings. The van der Waals surface area contributed by atoms with Crippen molar-refractivity contribution in [2.45, 2.75) is 31.9 Å². The summed E-state index contributed by atoms with van der Waals surface area (Å²) in [6.07, 6.45) is 8.92. The van der Waals surface area contributed by atoms with Gasteiger partial charge in [-0.3, -0.25) is 9.36 Å². The molecule has 6 nitrogen and oxygen atoms in total. The van der Waals surface area contributed by atoms with Crippen molar-refractivity contribution >= 4 is 5.91 Å². The summed E-state index contributed by atoms with van der Waals surface area (Å²) in [7, 11) is 0. The maximum Gasteiger partial charge on any atom is 0.253 e. The molecule has 3 rings (SSSR count). The zero-order valence-corrected chi connectivity index (χ0v) is 11.9. The number of imidazole rings is 1. The van der Waals surface area contributed by atoms with Gasteiger partial charge in [-0.15, -0.1) is 0 Å². The molecule has 1 amide bonds. The molecular weight excluding hydrogens is 268 g/mol. The summed E-state index contributed by atoms with van der Waals surface area (Å²) >= 11 is 0. The Morgan fingerprint density at radius 2 is 2.43 bits per heavy atom. The van der Waals surface area contributed by atoms with E-state index in [2.05, 4.69) is 15.3 Å². The van der Waals surface area contributed by atoms with Crippen molar-refractivity contribution < 1.29 is 9.53 Å². The van der Waals surface area contributed by atoms with Crippen LogP contribution < -0.4 is 5.32 Å². The molecule has 1 aliphatic heterocycles. The number of pyridine rings is 1. The van der Waals surface area contributed by atoms with E-state index in [1.54, 1.807) is 35.4 Å². The van der Waals surface area contributed by atoms with Crippen LogP contribution in [-0.2, 0) is 4.74 Å². The van der Waals surface area contributed by atoms with Gasteiger partial charge in [0.15, 0.2) is 0 Å². The zero-order chi connectivity index (χ0) is 14.7. The lowest BCUT2D eigenvalue weighted by molar-refractivity contribution is 0.0712. The Bertz CT molecular complexity index is 589. The quantitative estimate of drug-likeness (QED) is 0.926. The topological polar surface area (TPSA) is 69.0 Å². The van der Waals surface area contributed by atoms with E-state index in [0.717, 1.165) is 25.3 Å². The third kappa shape index (κ3) is 3.11. The Kier molecular flexibility index (Phi) is 3.96. The average molecular weight is 286 g/mol. The van der Waals surface area contributed by atoms with Gasteiger partial charge in [-0.2, -0.15) is 0 Å². The lowest BCUT2D eigenvalue weighted by atomic mass is 10.1. The summed E-state index contributed by atoms with van der Waals surface area (Å²) in [5.41, 5.74) is 0.545. The molecule has 1 saturated heterocycles. The Morgan fingerprint density at radius 3 is 3.05 bits per heavy atom. The predicted octanol–water partition coefficient (Wildman–Crippen LogP) is 1.56. The summed E-state index contributed by atoms with van der Waals surface area (Å²) in [4.78, 5) is 20.4. The molecule has 0 unspecified atom stereocenters. The van der Waals surface area contributed by atoms with Crippen molar-refractivity contribution in [3.8, 4) is 5.82 Å². The molecule has 110 valence electrons. The minimum absolute atomic E-state index is 0.00771. The normalized spacial score (nSPS) is 19.4. The summed E-state index contributed by atoms with van der Waals surface area (Å²) in [6, 6.07) is 3.57. The van der Waals surface area contributed by atoms with Gasteiger partial charge in [-0.05, 0) is 31.9 Å². The number of hydrogen-bond donors (Lipinski definition) is 1. The molecule has 2 atom stereocenters. The van der Waals surface area contributed by atoms with Crippen LogP contribution in [0.5, 0.6) is 0 Å². The first-order chi connectivity index (χ1) is 10.2. The van der Waals surface area contributed by atoms with E-state index >= 15 is 0 Å². The van der Waals surface area contributed by atoms with Crippen LogP contribution in [0.15, 0.2) is 37.1 Å². The molecule has 0 radical (unpaired) electrons. The highest BCUT2D eigenvalue weighted by Gasteiger charge is 2.24. The number of amides is 1. The number of aromatic nitrogens is 3. The number of hydrogen-bond acceptors (Lipinski definition) is 4. The lowest BCUT2D eigenvalue weighted by Crippen LogP contribution is -2.40. The summed E-state index contributed by atoms with van der Waals surface area (Å²) < 4.78 is 7.37. The fourth-order valence-electron chi connectivity index (χ4n) is 2.45. The molecule has 1 fully saturated rings. The summed E-state index contributed by atoms with van der Waals surface area (Å²) in [5, 5.41) is 2.97. The number of ether oxygens (including phenoxy) is 1. The first-order valence-electron chi connectivity index (χ1n) is 7.11. The monoisotopic (exact) mass is 286 g/mol. The fraction of sp³-hybridized carbons (Fsp3) is 0.400. The highest BCUT2D eigenvalue weighted by molar-refractivity contribution is 5.94. The van der Waals surface area contributed by atoms with Crippen LogP contribution in [0, 0.1) is 0 Å². The molecule has 0 aromatic carbocycles. The molecule has 1 N–H and O–H groups in total. The minimum Gasteiger partial charge on any atom is -0.376 e. The van der Waals surface area contributed by atoms with Crippen LogP contribution in [0.25, 0.3) is 5.82 Å². The molecule has 6 heteroatoms. The van der Waals surface area contributed by atoms with Crippen molar-refractivity contribution in [1.82, 2.24) is 19.9 Å². The summed E-state index contributed by atoms with van der Waals surface area (Å²) in [6.45, 7) is 2.76. The predicted molar refractivity (Wildman–Crippen MR) is 77.3 cm³/mol. The van der Waals surface area contributed by atoms with E-state index in [-0.39, 0.29) is 18.1 Å². The van der Waals surface area contributed by atoms with Gasteiger partial charge < -0.3 is 10.1 Å². The third-order valence-electron chi connectivity index (χ3n) is 3.66. The molecule has 3 heterocycles.